The van der Waals surface area contributed by atoms with E-state index in [1.54, 1.807) is 19.5 Å². The van der Waals surface area contributed by atoms with Crippen LogP contribution in [-0.2, 0) is 4.74 Å². The number of methoxy groups -OCH3 is 1. The maximum absolute atomic E-state index is 5.19. The lowest BCUT2D eigenvalue weighted by Crippen LogP contribution is -2.12. The SMILES string of the molecule is COC(C)Oc1cn[nH]c1. The van der Waals surface area contributed by atoms with Crippen molar-refractivity contribution in [1.29, 1.82) is 0 Å². The molecule has 1 unspecified atom stereocenters. The van der Waals surface area contributed by atoms with Crippen LogP contribution in [0.5, 0.6) is 5.75 Å². The number of H-pyrrole nitrogens is 1. The van der Waals surface area contributed by atoms with Gasteiger partial charge in [0, 0.05) is 7.11 Å². The average Bonchev–Trinajstić information content (AvgIpc) is 2.40. The molecule has 1 aromatic heterocycles. The van der Waals surface area contributed by atoms with Gasteiger partial charge in [-0.2, -0.15) is 5.10 Å². The molecule has 0 aliphatic rings. The summed E-state index contributed by atoms with van der Waals surface area (Å²) in [5, 5.41) is 6.33. The molecule has 4 nitrogen and oxygen atoms in total. The predicted octanol–water partition coefficient (Wildman–Crippen LogP) is 0.781. The van der Waals surface area contributed by atoms with Crippen molar-refractivity contribution in [2.75, 3.05) is 7.11 Å². The van der Waals surface area contributed by atoms with Crippen molar-refractivity contribution in [3.63, 3.8) is 0 Å². The standard InChI is InChI=1S/C6H10N2O2/c1-5(9-2)10-6-3-7-8-4-6/h3-5H,1-2H3,(H,7,8). The fourth-order valence-corrected chi connectivity index (χ4v) is 0.543. The van der Waals surface area contributed by atoms with Gasteiger partial charge in [0.25, 0.3) is 0 Å². The number of nitrogens with one attached hydrogen (secondary N) is 1. The van der Waals surface area contributed by atoms with Gasteiger partial charge >= 0.3 is 0 Å². The molecule has 1 N–H and O–H groups in total. The number of hydrogen-bond donors (Lipinski definition) is 1. The van der Waals surface area contributed by atoms with Crippen LogP contribution < -0.4 is 4.74 Å². The fraction of sp³-hybridized carbons (Fsp3) is 0.500. The minimum Gasteiger partial charge on any atom is -0.462 e. The lowest BCUT2D eigenvalue weighted by molar-refractivity contribution is -0.0382. The summed E-state index contributed by atoms with van der Waals surface area (Å²) in [5.41, 5.74) is 0. The zero-order valence-corrected chi connectivity index (χ0v) is 6.00. The van der Waals surface area contributed by atoms with Gasteiger partial charge in [0.05, 0.1) is 12.4 Å². The molecule has 0 saturated heterocycles. The molecule has 0 aliphatic heterocycles. The highest BCUT2D eigenvalue weighted by Crippen LogP contribution is 2.07. The number of aromatic amines is 1. The van der Waals surface area contributed by atoms with E-state index >= 15 is 0 Å². The molecule has 1 atom stereocenters. The van der Waals surface area contributed by atoms with Gasteiger partial charge in [-0.1, -0.05) is 0 Å². The summed E-state index contributed by atoms with van der Waals surface area (Å²) in [6.45, 7) is 1.81. The van der Waals surface area contributed by atoms with Crippen LogP contribution in [0, 0.1) is 0 Å². The first-order chi connectivity index (χ1) is 4.83. The third-order valence-corrected chi connectivity index (χ3v) is 1.11. The Morgan fingerprint density at radius 2 is 2.50 bits per heavy atom. The Balaban J connectivity index is 2.40. The van der Waals surface area contributed by atoms with Gasteiger partial charge in [0.1, 0.15) is 0 Å². The van der Waals surface area contributed by atoms with E-state index in [1.807, 2.05) is 6.92 Å². The molecule has 10 heavy (non-hydrogen) atoms. The van der Waals surface area contributed by atoms with Gasteiger partial charge in [0.2, 0.25) is 0 Å². The molecule has 0 saturated carbocycles. The molecule has 0 fully saturated rings. The average molecular weight is 142 g/mol. The highest BCUT2D eigenvalue weighted by Gasteiger charge is 2.00. The summed E-state index contributed by atoms with van der Waals surface area (Å²) < 4.78 is 10.0. The largest absolute Gasteiger partial charge is 0.462 e. The smallest absolute Gasteiger partial charge is 0.196 e. The first-order valence-corrected chi connectivity index (χ1v) is 3.01. The molecule has 4 heteroatoms. The summed E-state index contributed by atoms with van der Waals surface area (Å²) in [7, 11) is 1.59. The number of hydrogen-bond acceptors (Lipinski definition) is 3. The number of rotatable bonds is 3. The lowest BCUT2D eigenvalue weighted by atomic mass is 10.6. The summed E-state index contributed by atoms with van der Waals surface area (Å²) >= 11 is 0. The van der Waals surface area contributed by atoms with Gasteiger partial charge in [-0.15, -0.1) is 0 Å². The first kappa shape index (κ1) is 7.08. The lowest BCUT2D eigenvalue weighted by Gasteiger charge is -2.09. The molecule has 1 rings (SSSR count). The van der Waals surface area contributed by atoms with Crippen LogP contribution in [-0.4, -0.2) is 23.6 Å². The molecule has 0 radical (unpaired) electrons. The second-order valence-electron chi connectivity index (χ2n) is 1.86. The normalized spacial score (nSPS) is 13.0. The van der Waals surface area contributed by atoms with E-state index in [-0.39, 0.29) is 6.29 Å². The zero-order chi connectivity index (χ0) is 7.40. The summed E-state index contributed by atoms with van der Waals surface area (Å²) in [4.78, 5) is 0. The van der Waals surface area contributed by atoms with E-state index in [2.05, 4.69) is 10.2 Å². The van der Waals surface area contributed by atoms with Gasteiger partial charge in [0.15, 0.2) is 12.0 Å². The fourth-order valence-electron chi connectivity index (χ4n) is 0.543. The monoisotopic (exact) mass is 142 g/mol. The van der Waals surface area contributed by atoms with Crippen LogP contribution >= 0.6 is 0 Å². The van der Waals surface area contributed by atoms with Crippen molar-refractivity contribution in [1.82, 2.24) is 10.2 Å². The molecular weight excluding hydrogens is 132 g/mol. The molecule has 0 bridgehead atoms. The van der Waals surface area contributed by atoms with Gasteiger partial charge in [-0.3, -0.25) is 5.10 Å². The Bertz CT molecular complexity index is 174. The molecular formula is C6H10N2O2. The molecule has 0 amide bonds. The third kappa shape index (κ3) is 1.73. The van der Waals surface area contributed by atoms with Gasteiger partial charge in [-0.05, 0) is 6.92 Å². The number of nitrogens with zero attached hydrogens (tertiary/aromatic N) is 1. The maximum atomic E-state index is 5.19. The summed E-state index contributed by atoms with van der Waals surface area (Å²) in [6.07, 6.45) is 3.03. The van der Waals surface area contributed by atoms with Crippen LogP contribution in [0.1, 0.15) is 6.92 Å². The van der Waals surface area contributed by atoms with E-state index in [0.717, 1.165) is 0 Å². The zero-order valence-electron chi connectivity index (χ0n) is 6.00. The molecule has 1 heterocycles. The Kier molecular flexibility index (Phi) is 2.28. The summed E-state index contributed by atoms with van der Waals surface area (Å²) in [6, 6.07) is 0. The van der Waals surface area contributed by atoms with Crippen molar-refractivity contribution in [2.24, 2.45) is 0 Å². The van der Waals surface area contributed by atoms with Gasteiger partial charge in [-0.25, -0.2) is 0 Å². The van der Waals surface area contributed by atoms with E-state index in [4.69, 9.17) is 9.47 Å². The van der Waals surface area contributed by atoms with Gasteiger partial charge < -0.3 is 9.47 Å². The second kappa shape index (κ2) is 3.22. The Morgan fingerprint density at radius 3 is 3.00 bits per heavy atom. The van der Waals surface area contributed by atoms with Crippen molar-refractivity contribution >= 4 is 0 Å². The molecule has 0 aliphatic carbocycles. The van der Waals surface area contributed by atoms with Crippen molar-refractivity contribution in [3.05, 3.63) is 12.4 Å². The van der Waals surface area contributed by atoms with Crippen LogP contribution in [0.4, 0.5) is 0 Å². The van der Waals surface area contributed by atoms with Crippen molar-refractivity contribution in [2.45, 2.75) is 13.2 Å². The highest BCUT2D eigenvalue weighted by molar-refractivity contribution is 5.09. The Hall–Kier alpha value is -1.03. The summed E-state index contributed by atoms with van der Waals surface area (Å²) in [5.74, 6) is 0.689. The van der Waals surface area contributed by atoms with Crippen LogP contribution in [0.25, 0.3) is 0 Å². The minimum atomic E-state index is -0.224. The predicted molar refractivity (Wildman–Crippen MR) is 35.7 cm³/mol. The van der Waals surface area contributed by atoms with Crippen LogP contribution in [0.3, 0.4) is 0 Å². The topological polar surface area (TPSA) is 47.1 Å². The molecule has 56 valence electrons. The molecule has 1 aromatic rings. The van der Waals surface area contributed by atoms with Crippen LogP contribution in [0.15, 0.2) is 12.4 Å². The Morgan fingerprint density at radius 1 is 1.70 bits per heavy atom. The molecule has 0 aromatic carbocycles. The number of ether oxygens (including phenoxy) is 2. The molecule has 0 spiro atoms. The van der Waals surface area contributed by atoms with E-state index in [9.17, 15) is 0 Å². The second-order valence-corrected chi connectivity index (χ2v) is 1.86. The maximum Gasteiger partial charge on any atom is 0.196 e. The highest BCUT2D eigenvalue weighted by atomic mass is 16.7. The van der Waals surface area contributed by atoms with E-state index < -0.39 is 0 Å². The van der Waals surface area contributed by atoms with E-state index in [1.165, 1.54) is 0 Å². The van der Waals surface area contributed by atoms with E-state index in [0.29, 0.717) is 5.75 Å². The van der Waals surface area contributed by atoms with Crippen molar-refractivity contribution in [3.8, 4) is 5.75 Å². The number of aromatic nitrogens is 2. The van der Waals surface area contributed by atoms with Crippen LogP contribution in [0.2, 0.25) is 0 Å². The third-order valence-electron chi connectivity index (χ3n) is 1.11. The minimum absolute atomic E-state index is 0.224. The Labute approximate surface area is 59.2 Å². The van der Waals surface area contributed by atoms with Crippen molar-refractivity contribution < 1.29 is 9.47 Å². The quantitative estimate of drug-likeness (QED) is 0.634. The first-order valence-electron chi connectivity index (χ1n) is 3.01.